The zero-order chi connectivity index (χ0) is 21.2. The summed E-state index contributed by atoms with van der Waals surface area (Å²) in [5.74, 6) is 1.71. The molecule has 30 heavy (non-hydrogen) atoms. The van der Waals surface area contributed by atoms with E-state index in [0.29, 0.717) is 18.0 Å². The summed E-state index contributed by atoms with van der Waals surface area (Å²) in [5, 5.41) is 0.678. The summed E-state index contributed by atoms with van der Waals surface area (Å²) in [6.45, 7) is 7.71. The molecule has 0 saturated carbocycles. The van der Waals surface area contributed by atoms with Crippen LogP contribution in [-0.2, 0) is 16.1 Å². The predicted octanol–water partition coefficient (Wildman–Crippen LogP) is 4.98. The molecule has 162 valence electrons. The maximum Gasteiger partial charge on any atom is 0.222 e. The Labute approximate surface area is 184 Å². The second-order valence-electron chi connectivity index (χ2n) is 7.58. The summed E-state index contributed by atoms with van der Waals surface area (Å²) in [4.78, 5) is 17.2. The molecule has 0 aliphatic carbocycles. The average Bonchev–Trinajstić information content (AvgIpc) is 2.77. The number of hydrogen-bond acceptors (Lipinski definition) is 4. The molecule has 5 nitrogen and oxygen atoms in total. The van der Waals surface area contributed by atoms with Gasteiger partial charge >= 0.3 is 0 Å². The first kappa shape index (κ1) is 22.6. The number of morpholine rings is 1. The van der Waals surface area contributed by atoms with E-state index in [0.717, 1.165) is 69.3 Å². The van der Waals surface area contributed by atoms with Gasteiger partial charge in [0.25, 0.3) is 0 Å². The van der Waals surface area contributed by atoms with E-state index in [-0.39, 0.29) is 5.91 Å². The third-order valence-electron chi connectivity index (χ3n) is 5.21. The molecule has 2 aromatic rings. The molecule has 1 aliphatic heterocycles. The molecule has 0 unspecified atom stereocenters. The zero-order valence-electron chi connectivity index (χ0n) is 17.7. The van der Waals surface area contributed by atoms with Gasteiger partial charge < -0.3 is 14.4 Å². The highest BCUT2D eigenvalue weighted by molar-refractivity contribution is 6.30. The Balaban J connectivity index is 1.64. The summed E-state index contributed by atoms with van der Waals surface area (Å²) in [6, 6.07) is 15.2. The second kappa shape index (κ2) is 11.9. The topological polar surface area (TPSA) is 42.0 Å². The zero-order valence-corrected chi connectivity index (χ0v) is 18.4. The number of unbranched alkanes of at least 4 members (excludes halogenated alkanes) is 1. The van der Waals surface area contributed by atoms with Crippen molar-refractivity contribution in [2.24, 2.45) is 0 Å². The van der Waals surface area contributed by atoms with E-state index in [2.05, 4.69) is 11.8 Å². The Morgan fingerprint density at radius 3 is 2.63 bits per heavy atom. The highest BCUT2D eigenvalue weighted by Crippen LogP contribution is 2.24. The molecule has 6 heteroatoms. The van der Waals surface area contributed by atoms with Crippen molar-refractivity contribution in [2.75, 3.05) is 39.4 Å². The van der Waals surface area contributed by atoms with E-state index in [4.69, 9.17) is 21.1 Å². The van der Waals surface area contributed by atoms with Crippen LogP contribution >= 0.6 is 11.6 Å². The molecule has 1 saturated heterocycles. The first-order valence-electron chi connectivity index (χ1n) is 10.7. The van der Waals surface area contributed by atoms with Crippen LogP contribution in [0.3, 0.4) is 0 Å². The lowest BCUT2D eigenvalue weighted by Gasteiger charge is -2.30. The fraction of sp³-hybridized carbons (Fsp3) is 0.458. The van der Waals surface area contributed by atoms with Crippen LogP contribution in [0.4, 0.5) is 0 Å². The molecule has 3 rings (SSSR count). The maximum atomic E-state index is 12.8. The largest absolute Gasteiger partial charge is 0.457 e. The van der Waals surface area contributed by atoms with Gasteiger partial charge in [0.1, 0.15) is 11.5 Å². The van der Waals surface area contributed by atoms with Gasteiger partial charge in [0.15, 0.2) is 0 Å². The van der Waals surface area contributed by atoms with Gasteiger partial charge in [-0.1, -0.05) is 37.1 Å². The number of nitrogens with zero attached hydrogens (tertiary/aromatic N) is 2. The van der Waals surface area contributed by atoms with Crippen LogP contribution in [0.5, 0.6) is 11.5 Å². The summed E-state index contributed by atoms with van der Waals surface area (Å²) in [6.07, 6.45) is 2.54. The minimum atomic E-state index is 0.217. The van der Waals surface area contributed by atoms with Gasteiger partial charge in [-0.2, -0.15) is 0 Å². The molecule has 1 heterocycles. The van der Waals surface area contributed by atoms with E-state index in [9.17, 15) is 4.79 Å². The molecule has 1 fully saturated rings. The van der Waals surface area contributed by atoms with Crippen molar-refractivity contribution in [1.29, 1.82) is 0 Å². The van der Waals surface area contributed by atoms with Crippen LogP contribution in [0.15, 0.2) is 48.5 Å². The van der Waals surface area contributed by atoms with Crippen LogP contribution in [0.2, 0.25) is 5.02 Å². The molecule has 0 spiro atoms. The fourth-order valence-corrected chi connectivity index (χ4v) is 3.56. The number of rotatable bonds is 10. The normalized spacial score (nSPS) is 14.5. The van der Waals surface area contributed by atoms with Crippen molar-refractivity contribution in [1.82, 2.24) is 9.80 Å². The summed E-state index contributed by atoms with van der Waals surface area (Å²) in [5.41, 5.74) is 1.06. The Morgan fingerprint density at radius 2 is 1.90 bits per heavy atom. The smallest absolute Gasteiger partial charge is 0.222 e. The number of ether oxygens (including phenoxy) is 2. The summed E-state index contributed by atoms with van der Waals surface area (Å²) >= 11 is 5.95. The molecular weight excluding hydrogens is 400 g/mol. The third-order valence-corrected chi connectivity index (χ3v) is 5.46. The molecule has 0 bridgehead atoms. The molecule has 1 amide bonds. The Bertz CT molecular complexity index is 791. The van der Waals surface area contributed by atoms with E-state index in [1.165, 1.54) is 0 Å². The van der Waals surface area contributed by atoms with Gasteiger partial charge in [-0.3, -0.25) is 9.69 Å². The highest BCUT2D eigenvalue weighted by Gasteiger charge is 2.17. The van der Waals surface area contributed by atoms with Crippen molar-refractivity contribution in [3.8, 4) is 11.5 Å². The third kappa shape index (κ3) is 7.31. The predicted molar refractivity (Wildman–Crippen MR) is 120 cm³/mol. The second-order valence-corrected chi connectivity index (χ2v) is 8.01. The minimum Gasteiger partial charge on any atom is -0.457 e. The lowest BCUT2D eigenvalue weighted by atomic mass is 10.1. The Morgan fingerprint density at radius 1 is 1.13 bits per heavy atom. The Hall–Kier alpha value is -2.08. The molecule has 0 atom stereocenters. The van der Waals surface area contributed by atoms with Gasteiger partial charge in [0, 0.05) is 44.2 Å². The molecule has 2 aromatic carbocycles. The lowest BCUT2D eigenvalue weighted by molar-refractivity contribution is -0.132. The maximum absolute atomic E-state index is 12.8. The number of benzene rings is 2. The van der Waals surface area contributed by atoms with Gasteiger partial charge in [-0.15, -0.1) is 0 Å². The van der Waals surface area contributed by atoms with Crippen molar-refractivity contribution in [3.05, 3.63) is 59.1 Å². The number of amides is 1. The average molecular weight is 431 g/mol. The number of carbonyl (C=O) groups excluding carboxylic acids is 1. The molecule has 0 radical (unpaired) electrons. The van der Waals surface area contributed by atoms with Crippen molar-refractivity contribution in [3.63, 3.8) is 0 Å². The lowest BCUT2D eigenvalue weighted by Crippen LogP contribution is -2.42. The molecule has 0 N–H and O–H groups in total. The van der Waals surface area contributed by atoms with Crippen LogP contribution in [0, 0.1) is 0 Å². The first-order chi connectivity index (χ1) is 14.6. The first-order valence-corrected chi connectivity index (χ1v) is 11.1. The minimum absolute atomic E-state index is 0.217. The van der Waals surface area contributed by atoms with Gasteiger partial charge in [0.05, 0.1) is 13.2 Å². The van der Waals surface area contributed by atoms with E-state index in [1.54, 1.807) is 12.1 Å². The molecular formula is C24H31ClN2O3. The quantitative estimate of drug-likeness (QED) is 0.533. The number of halogens is 1. The van der Waals surface area contributed by atoms with Crippen LogP contribution in [0.25, 0.3) is 0 Å². The van der Waals surface area contributed by atoms with E-state index < -0.39 is 0 Å². The monoisotopic (exact) mass is 430 g/mol. The Kier molecular flexibility index (Phi) is 9.00. The standard InChI is InChI=1S/C24H31ClN2O3/c1-2-3-7-24(28)27(13-12-26-14-16-29-17-15-26)19-20-5-4-6-23(18-20)30-22-10-8-21(25)9-11-22/h4-6,8-11,18H,2-3,7,12-17,19H2,1H3. The summed E-state index contributed by atoms with van der Waals surface area (Å²) < 4.78 is 11.4. The van der Waals surface area contributed by atoms with Crippen molar-refractivity contribution in [2.45, 2.75) is 32.7 Å². The van der Waals surface area contributed by atoms with Gasteiger partial charge in [0.2, 0.25) is 5.91 Å². The highest BCUT2D eigenvalue weighted by atomic mass is 35.5. The van der Waals surface area contributed by atoms with Crippen LogP contribution < -0.4 is 4.74 Å². The summed E-state index contributed by atoms with van der Waals surface area (Å²) in [7, 11) is 0. The SMILES string of the molecule is CCCCC(=O)N(CCN1CCOCC1)Cc1cccc(Oc2ccc(Cl)cc2)c1. The molecule has 1 aliphatic rings. The van der Waals surface area contributed by atoms with Crippen molar-refractivity contribution < 1.29 is 14.3 Å². The van der Waals surface area contributed by atoms with Gasteiger partial charge in [-0.05, 0) is 48.4 Å². The fourth-order valence-electron chi connectivity index (χ4n) is 3.43. The molecule has 0 aromatic heterocycles. The van der Waals surface area contributed by atoms with E-state index in [1.807, 2.05) is 41.3 Å². The van der Waals surface area contributed by atoms with Crippen LogP contribution in [-0.4, -0.2) is 55.1 Å². The van der Waals surface area contributed by atoms with Crippen LogP contribution in [0.1, 0.15) is 31.7 Å². The van der Waals surface area contributed by atoms with Crippen molar-refractivity contribution >= 4 is 17.5 Å². The van der Waals surface area contributed by atoms with Gasteiger partial charge in [-0.25, -0.2) is 0 Å². The number of carbonyl (C=O) groups is 1. The van der Waals surface area contributed by atoms with E-state index >= 15 is 0 Å². The number of hydrogen-bond donors (Lipinski definition) is 0.